The summed E-state index contributed by atoms with van der Waals surface area (Å²) in [5.74, 6) is -0.311. The van der Waals surface area contributed by atoms with Gasteiger partial charge >= 0.3 is 6.09 Å². The Kier molecular flexibility index (Phi) is 5.80. The summed E-state index contributed by atoms with van der Waals surface area (Å²) in [5, 5.41) is 10.2. The Hall–Kier alpha value is -3.22. The third-order valence-electron chi connectivity index (χ3n) is 4.09. The number of H-pyrrole nitrogens is 1. The second-order valence-corrected chi connectivity index (χ2v) is 6.11. The van der Waals surface area contributed by atoms with Gasteiger partial charge in [0.2, 0.25) is 0 Å². The number of hydrogen-bond donors (Lipinski definition) is 2. The summed E-state index contributed by atoms with van der Waals surface area (Å²) in [5.41, 5.74) is 3.89. The number of halogens is 1. The van der Waals surface area contributed by atoms with Crippen molar-refractivity contribution in [3.8, 4) is 22.4 Å². The molecule has 1 atom stereocenters. The van der Waals surface area contributed by atoms with Gasteiger partial charge in [-0.15, -0.1) is 0 Å². The molecule has 2 N–H and O–H groups in total. The van der Waals surface area contributed by atoms with Gasteiger partial charge in [-0.05, 0) is 55.3 Å². The van der Waals surface area contributed by atoms with E-state index in [4.69, 9.17) is 4.74 Å². The normalized spacial score (nSPS) is 11.8. The van der Waals surface area contributed by atoms with Crippen LogP contribution in [0, 0.1) is 5.82 Å². The summed E-state index contributed by atoms with van der Waals surface area (Å²) >= 11 is 0. The fourth-order valence-electron chi connectivity index (χ4n) is 2.78. The minimum absolute atomic E-state index is 0.311. The number of rotatable bonds is 6. The summed E-state index contributed by atoms with van der Waals surface area (Å²) in [6.07, 6.45) is 3.65. The minimum Gasteiger partial charge on any atom is -0.450 e. The lowest BCUT2D eigenvalue weighted by Gasteiger charge is -2.15. The highest BCUT2D eigenvalue weighted by Crippen LogP contribution is 2.35. The van der Waals surface area contributed by atoms with Crippen LogP contribution in [0.15, 0.2) is 48.8 Å². The molecule has 0 bridgehead atoms. The fraction of sp³-hybridized carbons (Fsp3) is 0.250. The molecule has 0 spiro atoms. The monoisotopic (exact) mass is 368 g/mol. The second kappa shape index (κ2) is 8.44. The van der Waals surface area contributed by atoms with E-state index < -0.39 is 6.09 Å². The number of hydrogen-bond acceptors (Lipinski definition) is 4. The number of aromatic amines is 1. The van der Waals surface area contributed by atoms with Crippen molar-refractivity contribution in [2.45, 2.75) is 26.3 Å². The average molecular weight is 368 g/mol. The molecular formula is C20H21FN4O2. The Morgan fingerprint density at radius 3 is 2.56 bits per heavy atom. The van der Waals surface area contributed by atoms with Gasteiger partial charge in [-0.25, -0.2) is 9.18 Å². The van der Waals surface area contributed by atoms with Gasteiger partial charge in [0.15, 0.2) is 0 Å². The van der Waals surface area contributed by atoms with E-state index in [2.05, 4.69) is 20.5 Å². The van der Waals surface area contributed by atoms with E-state index in [0.29, 0.717) is 12.3 Å². The molecule has 2 aromatic heterocycles. The number of amides is 1. The Morgan fingerprint density at radius 1 is 1.19 bits per heavy atom. The summed E-state index contributed by atoms with van der Waals surface area (Å²) in [6, 6.07) is 9.50. The third kappa shape index (κ3) is 4.31. The Balaban J connectivity index is 1.99. The largest absolute Gasteiger partial charge is 0.450 e. The van der Waals surface area contributed by atoms with Crippen molar-refractivity contribution in [2.75, 3.05) is 6.61 Å². The lowest BCUT2D eigenvalue weighted by atomic mass is 9.97. The molecule has 1 aromatic carbocycles. The van der Waals surface area contributed by atoms with Crippen LogP contribution >= 0.6 is 0 Å². The number of alkyl carbamates (subject to hydrolysis) is 1. The van der Waals surface area contributed by atoms with Crippen molar-refractivity contribution in [1.82, 2.24) is 20.5 Å². The summed E-state index contributed by atoms with van der Waals surface area (Å²) in [4.78, 5) is 16.0. The van der Waals surface area contributed by atoms with E-state index in [0.717, 1.165) is 28.8 Å². The van der Waals surface area contributed by atoms with Gasteiger partial charge in [-0.2, -0.15) is 5.10 Å². The zero-order chi connectivity index (χ0) is 19.2. The third-order valence-corrected chi connectivity index (χ3v) is 4.09. The maximum atomic E-state index is 13.3. The molecule has 0 saturated carbocycles. The standard InChI is InChI=1S/C20H21FN4O2/c1-3-12-27-20(26)23-13(2)18-17(14-8-10-22-11-9-14)19(25-24-18)15-4-6-16(21)7-5-15/h4-11,13H,3,12H2,1-2H3,(H,23,26)(H,24,25)/t13-/m1/s1. The van der Waals surface area contributed by atoms with E-state index in [1.165, 1.54) is 12.1 Å². The first kappa shape index (κ1) is 18.6. The first-order valence-corrected chi connectivity index (χ1v) is 8.78. The molecule has 3 aromatic rings. The number of carbonyl (C=O) groups excluding carboxylic acids is 1. The summed E-state index contributed by atoms with van der Waals surface area (Å²) in [6.45, 7) is 4.14. The first-order chi connectivity index (χ1) is 13.1. The predicted molar refractivity (Wildman–Crippen MR) is 100 cm³/mol. The number of nitrogens with one attached hydrogen (secondary N) is 2. The van der Waals surface area contributed by atoms with Gasteiger partial charge in [0.1, 0.15) is 11.5 Å². The van der Waals surface area contributed by atoms with Crippen molar-refractivity contribution in [1.29, 1.82) is 0 Å². The van der Waals surface area contributed by atoms with Gasteiger partial charge in [0.05, 0.1) is 18.3 Å². The van der Waals surface area contributed by atoms with Crippen LogP contribution in [-0.2, 0) is 4.74 Å². The molecule has 7 heteroatoms. The van der Waals surface area contributed by atoms with Gasteiger partial charge in [-0.3, -0.25) is 10.1 Å². The Bertz CT molecular complexity index is 894. The highest BCUT2D eigenvalue weighted by atomic mass is 19.1. The van der Waals surface area contributed by atoms with Crippen LogP contribution in [0.3, 0.4) is 0 Å². The van der Waals surface area contributed by atoms with Crippen molar-refractivity contribution in [3.05, 3.63) is 60.3 Å². The number of ether oxygens (including phenoxy) is 1. The van der Waals surface area contributed by atoms with Crippen molar-refractivity contribution < 1.29 is 13.9 Å². The van der Waals surface area contributed by atoms with Gasteiger partial charge in [0, 0.05) is 23.5 Å². The predicted octanol–water partition coefficient (Wildman–Crippen LogP) is 4.48. The van der Waals surface area contributed by atoms with Gasteiger partial charge in [-0.1, -0.05) is 6.92 Å². The second-order valence-electron chi connectivity index (χ2n) is 6.11. The highest BCUT2D eigenvalue weighted by Gasteiger charge is 2.22. The van der Waals surface area contributed by atoms with Crippen LogP contribution in [-0.4, -0.2) is 27.9 Å². The zero-order valence-corrected chi connectivity index (χ0v) is 15.2. The molecule has 0 aliphatic heterocycles. The lowest BCUT2D eigenvalue weighted by Crippen LogP contribution is -2.28. The SMILES string of the molecule is CCCOC(=O)N[C@H](C)c1[nH]nc(-c2ccc(F)cc2)c1-c1ccncc1. The van der Waals surface area contributed by atoms with E-state index in [1.807, 2.05) is 26.0 Å². The maximum Gasteiger partial charge on any atom is 0.407 e. The molecular weight excluding hydrogens is 347 g/mol. The lowest BCUT2D eigenvalue weighted by molar-refractivity contribution is 0.143. The van der Waals surface area contributed by atoms with E-state index in [9.17, 15) is 9.18 Å². The van der Waals surface area contributed by atoms with E-state index >= 15 is 0 Å². The smallest absolute Gasteiger partial charge is 0.407 e. The van der Waals surface area contributed by atoms with E-state index in [-0.39, 0.29) is 11.9 Å². The molecule has 27 heavy (non-hydrogen) atoms. The van der Waals surface area contributed by atoms with E-state index in [1.54, 1.807) is 24.5 Å². The van der Waals surface area contributed by atoms with Gasteiger partial charge in [0.25, 0.3) is 0 Å². The molecule has 0 radical (unpaired) electrons. The number of pyridine rings is 1. The van der Waals surface area contributed by atoms with Crippen molar-refractivity contribution in [3.63, 3.8) is 0 Å². The Labute approximate surface area is 156 Å². The van der Waals surface area contributed by atoms with Crippen LogP contribution in [0.4, 0.5) is 9.18 Å². The molecule has 1 amide bonds. The van der Waals surface area contributed by atoms with Crippen LogP contribution in [0.5, 0.6) is 0 Å². The number of benzene rings is 1. The molecule has 6 nitrogen and oxygen atoms in total. The molecule has 2 heterocycles. The number of nitrogens with zero attached hydrogens (tertiary/aromatic N) is 2. The van der Waals surface area contributed by atoms with Crippen molar-refractivity contribution in [2.24, 2.45) is 0 Å². The van der Waals surface area contributed by atoms with Crippen molar-refractivity contribution >= 4 is 6.09 Å². The minimum atomic E-state index is -0.483. The zero-order valence-electron chi connectivity index (χ0n) is 15.2. The summed E-state index contributed by atoms with van der Waals surface area (Å²) in [7, 11) is 0. The number of carbonyl (C=O) groups is 1. The van der Waals surface area contributed by atoms with Crippen LogP contribution < -0.4 is 5.32 Å². The average Bonchev–Trinajstić information content (AvgIpc) is 3.13. The highest BCUT2D eigenvalue weighted by molar-refractivity contribution is 5.83. The summed E-state index contributed by atoms with van der Waals surface area (Å²) < 4.78 is 18.4. The van der Waals surface area contributed by atoms with Gasteiger partial charge < -0.3 is 10.1 Å². The fourth-order valence-corrected chi connectivity index (χ4v) is 2.78. The first-order valence-electron chi connectivity index (χ1n) is 8.78. The molecule has 140 valence electrons. The molecule has 0 fully saturated rings. The molecule has 3 rings (SSSR count). The van der Waals surface area contributed by atoms with Crippen LogP contribution in [0.2, 0.25) is 0 Å². The molecule has 0 saturated heterocycles. The maximum absolute atomic E-state index is 13.3. The molecule has 0 aliphatic rings. The molecule has 0 aliphatic carbocycles. The quantitative estimate of drug-likeness (QED) is 0.672. The molecule has 0 unspecified atom stereocenters. The van der Waals surface area contributed by atoms with Crippen LogP contribution in [0.1, 0.15) is 32.0 Å². The topological polar surface area (TPSA) is 79.9 Å². The number of aromatic nitrogens is 3. The Morgan fingerprint density at radius 2 is 1.89 bits per heavy atom. The van der Waals surface area contributed by atoms with Crippen LogP contribution in [0.25, 0.3) is 22.4 Å².